The van der Waals surface area contributed by atoms with E-state index >= 15 is 0 Å². The zero-order chi connectivity index (χ0) is 14.5. The van der Waals surface area contributed by atoms with Crippen molar-refractivity contribution in [2.75, 3.05) is 5.32 Å². The fourth-order valence-corrected chi connectivity index (χ4v) is 2.72. The van der Waals surface area contributed by atoms with E-state index in [-0.39, 0.29) is 11.9 Å². The number of aryl methyl sites for hydroxylation is 1. The van der Waals surface area contributed by atoms with Crippen LogP contribution in [0.5, 0.6) is 0 Å². The van der Waals surface area contributed by atoms with Crippen molar-refractivity contribution in [3.63, 3.8) is 0 Å². The quantitative estimate of drug-likeness (QED) is 0.878. The summed E-state index contributed by atoms with van der Waals surface area (Å²) in [6.07, 6.45) is 0. The lowest BCUT2D eigenvalue weighted by Gasteiger charge is -2.10. The monoisotopic (exact) mass is 288 g/mol. The average Bonchev–Trinajstić information content (AvgIpc) is 2.82. The highest BCUT2D eigenvalue weighted by molar-refractivity contribution is 7.11. The fourth-order valence-electron chi connectivity index (χ4n) is 1.89. The lowest BCUT2D eigenvalue weighted by atomic mass is 10.1. The summed E-state index contributed by atoms with van der Waals surface area (Å²) in [5.41, 5.74) is 1.65. The van der Waals surface area contributed by atoms with Gasteiger partial charge in [0, 0.05) is 33.6 Å². The summed E-state index contributed by atoms with van der Waals surface area (Å²) in [4.78, 5) is 14.6. The minimum absolute atomic E-state index is 0.0318. The molecule has 20 heavy (non-hydrogen) atoms. The number of anilines is 1. The zero-order valence-electron chi connectivity index (χ0n) is 12.1. The van der Waals surface area contributed by atoms with Crippen molar-refractivity contribution in [2.24, 2.45) is 0 Å². The molecule has 0 saturated carbocycles. The standard InChI is InChI=1S/C16H20N2OS/c1-11(2)18-16(19)13-5-4-6-14(9-13)17-10-15-8-7-12(3)20-15/h4-9,11,17H,10H2,1-3H3,(H,18,19). The fraction of sp³-hybridized carbons (Fsp3) is 0.312. The molecule has 0 bridgehead atoms. The summed E-state index contributed by atoms with van der Waals surface area (Å²) in [5.74, 6) is -0.0318. The van der Waals surface area contributed by atoms with Crippen LogP contribution in [-0.4, -0.2) is 11.9 Å². The molecule has 4 heteroatoms. The Morgan fingerprint density at radius 3 is 2.70 bits per heavy atom. The molecule has 106 valence electrons. The number of hydrogen-bond acceptors (Lipinski definition) is 3. The zero-order valence-corrected chi connectivity index (χ0v) is 12.9. The van der Waals surface area contributed by atoms with E-state index in [9.17, 15) is 4.79 Å². The maximum atomic E-state index is 11.9. The number of amides is 1. The summed E-state index contributed by atoms with van der Waals surface area (Å²) < 4.78 is 0. The van der Waals surface area contributed by atoms with Gasteiger partial charge < -0.3 is 10.6 Å². The van der Waals surface area contributed by atoms with Gasteiger partial charge >= 0.3 is 0 Å². The number of nitrogens with one attached hydrogen (secondary N) is 2. The van der Waals surface area contributed by atoms with E-state index in [4.69, 9.17) is 0 Å². The van der Waals surface area contributed by atoms with Crippen molar-refractivity contribution < 1.29 is 4.79 Å². The van der Waals surface area contributed by atoms with E-state index in [0.29, 0.717) is 5.56 Å². The van der Waals surface area contributed by atoms with Gasteiger partial charge in [0.25, 0.3) is 5.91 Å². The van der Waals surface area contributed by atoms with Crippen LogP contribution in [0.3, 0.4) is 0 Å². The van der Waals surface area contributed by atoms with Gasteiger partial charge in [-0.1, -0.05) is 6.07 Å². The van der Waals surface area contributed by atoms with Crippen molar-refractivity contribution in [3.8, 4) is 0 Å². The number of hydrogen-bond donors (Lipinski definition) is 2. The van der Waals surface area contributed by atoms with Crippen LogP contribution in [0.1, 0.15) is 34.0 Å². The summed E-state index contributed by atoms with van der Waals surface area (Å²) in [6, 6.07) is 12.0. The Labute approximate surface area is 124 Å². The van der Waals surface area contributed by atoms with Crippen LogP contribution in [-0.2, 0) is 6.54 Å². The van der Waals surface area contributed by atoms with Crippen molar-refractivity contribution >= 4 is 22.9 Å². The second-order valence-electron chi connectivity index (χ2n) is 5.07. The maximum Gasteiger partial charge on any atom is 0.251 e. The summed E-state index contributed by atoms with van der Waals surface area (Å²) in [7, 11) is 0. The number of carbonyl (C=O) groups is 1. The molecule has 0 aliphatic rings. The first-order valence-corrected chi connectivity index (χ1v) is 7.56. The number of carbonyl (C=O) groups excluding carboxylic acids is 1. The van der Waals surface area contributed by atoms with Crippen LogP contribution < -0.4 is 10.6 Å². The molecule has 0 atom stereocenters. The Kier molecular flexibility index (Phi) is 4.79. The van der Waals surface area contributed by atoms with Crippen LogP contribution in [0.2, 0.25) is 0 Å². The molecule has 2 aromatic rings. The van der Waals surface area contributed by atoms with Crippen LogP contribution in [0.25, 0.3) is 0 Å². The van der Waals surface area contributed by atoms with Gasteiger partial charge in [0.05, 0.1) is 0 Å². The molecule has 0 aliphatic heterocycles. The molecule has 0 saturated heterocycles. The highest BCUT2D eigenvalue weighted by Crippen LogP contribution is 2.17. The Morgan fingerprint density at radius 1 is 1.25 bits per heavy atom. The van der Waals surface area contributed by atoms with Gasteiger partial charge in [0.15, 0.2) is 0 Å². The topological polar surface area (TPSA) is 41.1 Å². The summed E-state index contributed by atoms with van der Waals surface area (Å²) >= 11 is 1.78. The molecule has 3 nitrogen and oxygen atoms in total. The third-order valence-electron chi connectivity index (χ3n) is 2.81. The molecule has 2 N–H and O–H groups in total. The normalized spacial score (nSPS) is 10.6. The first-order valence-electron chi connectivity index (χ1n) is 6.74. The molecular formula is C16H20N2OS. The molecule has 0 aliphatic carbocycles. The molecule has 0 fully saturated rings. The Bertz CT molecular complexity index is 590. The molecule has 1 aromatic heterocycles. The molecule has 2 rings (SSSR count). The molecule has 0 radical (unpaired) electrons. The van der Waals surface area contributed by atoms with Gasteiger partial charge in [-0.25, -0.2) is 0 Å². The van der Waals surface area contributed by atoms with E-state index in [1.165, 1.54) is 9.75 Å². The maximum absolute atomic E-state index is 11.9. The number of benzene rings is 1. The number of rotatable bonds is 5. The van der Waals surface area contributed by atoms with Gasteiger partial charge in [-0.15, -0.1) is 11.3 Å². The largest absolute Gasteiger partial charge is 0.380 e. The highest BCUT2D eigenvalue weighted by Gasteiger charge is 2.07. The first-order chi connectivity index (χ1) is 9.54. The molecule has 1 amide bonds. The molecule has 1 aromatic carbocycles. The van der Waals surface area contributed by atoms with Crippen LogP contribution >= 0.6 is 11.3 Å². The van der Waals surface area contributed by atoms with Gasteiger partial charge in [0.2, 0.25) is 0 Å². The predicted octanol–water partition coefficient (Wildman–Crippen LogP) is 3.81. The van der Waals surface area contributed by atoms with Gasteiger partial charge in [-0.3, -0.25) is 4.79 Å². The predicted molar refractivity (Wildman–Crippen MR) is 85.4 cm³/mol. The molecule has 0 spiro atoms. The lowest BCUT2D eigenvalue weighted by Crippen LogP contribution is -2.30. The van der Waals surface area contributed by atoms with Crippen LogP contribution in [0.4, 0.5) is 5.69 Å². The summed E-state index contributed by atoms with van der Waals surface area (Å²) in [5, 5.41) is 6.25. The molecule has 1 heterocycles. The second-order valence-corrected chi connectivity index (χ2v) is 6.45. The Hall–Kier alpha value is -1.81. The summed E-state index contributed by atoms with van der Waals surface area (Å²) in [6.45, 7) is 6.80. The lowest BCUT2D eigenvalue weighted by molar-refractivity contribution is 0.0943. The van der Waals surface area contributed by atoms with E-state index in [2.05, 4.69) is 29.7 Å². The van der Waals surface area contributed by atoms with E-state index in [1.807, 2.05) is 38.1 Å². The van der Waals surface area contributed by atoms with Gasteiger partial charge in [0.1, 0.15) is 0 Å². The minimum Gasteiger partial charge on any atom is -0.380 e. The van der Waals surface area contributed by atoms with Crippen molar-refractivity contribution in [3.05, 3.63) is 51.7 Å². The molecular weight excluding hydrogens is 268 g/mol. The van der Waals surface area contributed by atoms with Crippen LogP contribution in [0, 0.1) is 6.92 Å². The third kappa shape index (κ3) is 4.10. The Morgan fingerprint density at radius 2 is 2.05 bits per heavy atom. The smallest absolute Gasteiger partial charge is 0.251 e. The van der Waals surface area contributed by atoms with Crippen LogP contribution in [0.15, 0.2) is 36.4 Å². The van der Waals surface area contributed by atoms with Gasteiger partial charge in [-0.2, -0.15) is 0 Å². The molecule has 0 unspecified atom stereocenters. The highest BCUT2D eigenvalue weighted by atomic mass is 32.1. The van der Waals surface area contributed by atoms with E-state index in [1.54, 1.807) is 11.3 Å². The minimum atomic E-state index is -0.0318. The number of thiophene rings is 1. The average molecular weight is 288 g/mol. The first kappa shape index (κ1) is 14.6. The second kappa shape index (κ2) is 6.57. The van der Waals surface area contributed by atoms with Gasteiger partial charge in [-0.05, 0) is 51.1 Å². The van der Waals surface area contributed by atoms with E-state index < -0.39 is 0 Å². The Balaban J connectivity index is 2.00. The van der Waals surface area contributed by atoms with Crippen molar-refractivity contribution in [1.29, 1.82) is 0 Å². The third-order valence-corrected chi connectivity index (χ3v) is 3.81. The van der Waals surface area contributed by atoms with E-state index in [0.717, 1.165) is 12.2 Å². The SMILES string of the molecule is Cc1ccc(CNc2cccc(C(=O)NC(C)C)c2)s1. The van der Waals surface area contributed by atoms with Crippen molar-refractivity contribution in [1.82, 2.24) is 5.32 Å². The van der Waals surface area contributed by atoms with Crippen molar-refractivity contribution in [2.45, 2.75) is 33.4 Å².